The zero-order valence-corrected chi connectivity index (χ0v) is 17.0. The van der Waals surface area contributed by atoms with E-state index in [4.69, 9.17) is 16.3 Å². The normalized spacial score (nSPS) is 20.0. The average molecular weight is 428 g/mol. The number of rotatable bonds is 5. The molecular weight excluding hydrogens is 410 g/mol. The molecule has 3 amide bonds. The second-order valence-corrected chi connectivity index (χ2v) is 7.29. The minimum absolute atomic E-state index is 0.213. The molecule has 1 fully saturated rings. The Morgan fingerprint density at radius 3 is 2.67 bits per heavy atom. The molecule has 2 aromatic carbocycles. The third kappa shape index (κ3) is 3.37. The zero-order chi connectivity index (χ0) is 21.4. The Morgan fingerprint density at radius 1 is 1.20 bits per heavy atom. The van der Waals surface area contributed by atoms with Crippen molar-refractivity contribution in [2.45, 2.75) is 19.0 Å². The molecule has 0 radical (unpaired) electrons. The number of fused-ring (bicyclic) bond motifs is 1. The van der Waals surface area contributed by atoms with Gasteiger partial charge in [-0.3, -0.25) is 19.4 Å². The van der Waals surface area contributed by atoms with Gasteiger partial charge in [0, 0.05) is 5.69 Å². The Morgan fingerprint density at radius 2 is 1.97 bits per heavy atom. The number of para-hydroxylation sites is 1. The summed E-state index contributed by atoms with van der Waals surface area (Å²) in [5.41, 5.74) is 1.88. The Hall–Kier alpha value is -3.46. The fraction of sp³-hybridized carbons (Fsp3) is 0.250. The molecule has 0 saturated carbocycles. The summed E-state index contributed by atoms with van der Waals surface area (Å²) in [6.45, 7) is 1.66. The van der Waals surface area contributed by atoms with Crippen LogP contribution < -0.4 is 15.0 Å². The van der Waals surface area contributed by atoms with E-state index in [2.05, 4.69) is 15.7 Å². The van der Waals surface area contributed by atoms with Crippen molar-refractivity contribution in [2.24, 2.45) is 10.3 Å². The molecule has 1 saturated heterocycles. The van der Waals surface area contributed by atoms with Gasteiger partial charge in [0.1, 0.15) is 12.3 Å². The van der Waals surface area contributed by atoms with Crippen LogP contribution in [-0.2, 0) is 14.4 Å². The molecule has 1 N–H and O–H groups in total. The third-order valence-electron chi connectivity index (χ3n) is 4.98. The lowest BCUT2D eigenvalue weighted by atomic mass is 10.1. The molecule has 0 aliphatic carbocycles. The molecule has 0 bridgehead atoms. The highest BCUT2D eigenvalue weighted by Crippen LogP contribution is 2.35. The van der Waals surface area contributed by atoms with E-state index in [0.717, 1.165) is 10.5 Å². The number of nitrogens with one attached hydrogen (secondary N) is 1. The standard InChI is InChI=1S/C20H18ClN5O4/c1-11-5-3-4-6-14(11)22-16(27)10-25-18-17(23-24-25)19(28)26(20(18)29)12-7-8-15(30-2)13(21)9-12/h3-9,17-18H,10H2,1-2H3,(H,22,27)/t17-,18-/m1/s1. The van der Waals surface area contributed by atoms with Gasteiger partial charge in [0.2, 0.25) is 5.91 Å². The molecule has 2 heterocycles. The molecule has 0 spiro atoms. The van der Waals surface area contributed by atoms with Gasteiger partial charge in [0.15, 0.2) is 12.1 Å². The van der Waals surface area contributed by atoms with Gasteiger partial charge in [-0.2, -0.15) is 5.11 Å². The van der Waals surface area contributed by atoms with Gasteiger partial charge in [-0.25, -0.2) is 4.90 Å². The van der Waals surface area contributed by atoms with Crippen molar-refractivity contribution in [2.75, 3.05) is 23.9 Å². The van der Waals surface area contributed by atoms with E-state index < -0.39 is 23.9 Å². The quantitative estimate of drug-likeness (QED) is 0.738. The smallest absolute Gasteiger partial charge is 0.263 e. The van der Waals surface area contributed by atoms with Crippen molar-refractivity contribution in [1.82, 2.24) is 5.01 Å². The summed E-state index contributed by atoms with van der Waals surface area (Å²) in [6.07, 6.45) is 0. The molecule has 2 aliphatic rings. The second-order valence-electron chi connectivity index (χ2n) is 6.89. The van der Waals surface area contributed by atoms with Crippen LogP contribution in [0.15, 0.2) is 52.8 Å². The fourth-order valence-corrected chi connectivity index (χ4v) is 3.70. The number of nitrogens with zero attached hydrogens (tertiary/aromatic N) is 4. The molecule has 10 heteroatoms. The predicted octanol–water partition coefficient (Wildman–Crippen LogP) is 2.59. The topological polar surface area (TPSA) is 104 Å². The molecule has 9 nitrogen and oxygen atoms in total. The lowest BCUT2D eigenvalue weighted by molar-refractivity contribution is -0.123. The number of hydrogen-bond donors (Lipinski definition) is 1. The van der Waals surface area contributed by atoms with E-state index in [0.29, 0.717) is 17.1 Å². The molecule has 0 unspecified atom stereocenters. The highest BCUT2D eigenvalue weighted by atomic mass is 35.5. The maximum absolute atomic E-state index is 13.0. The highest BCUT2D eigenvalue weighted by Gasteiger charge is 2.55. The van der Waals surface area contributed by atoms with Gasteiger partial charge in [-0.05, 0) is 36.8 Å². The van der Waals surface area contributed by atoms with Gasteiger partial charge >= 0.3 is 0 Å². The van der Waals surface area contributed by atoms with Crippen LogP contribution in [0.2, 0.25) is 5.02 Å². The van der Waals surface area contributed by atoms with Gasteiger partial charge in [0.05, 0.1) is 17.8 Å². The first-order valence-corrected chi connectivity index (χ1v) is 9.52. The molecule has 154 valence electrons. The second kappa shape index (κ2) is 7.75. The van der Waals surface area contributed by atoms with Crippen LogP contribution in [0.4, 0.5) is 11.4 Å². The number of imide groups is 1. The molecule has 2 atom stereocenters. The summed E-state index contributed by atoms with van der Waals surface area (Å²) in [4.78, 5) is 39.3. The molecule has 2 aromatic rings. The predicted molar refractivity (Wildman–Crippen MR) is 109 cm³/mol. The van der Waals surface area contributed by atoms with E-state index in [1.165, 1.54) is 18.2 Å². The Labute approximate surface area is 177 Å². The summed E-state index contributed by atoms with van der Waals surface area (Å²) in [7, 11) is 1.47. The van der Waals surface area contributed by atoms with E-state index in [1.54, 1.807) is 18.2 Å². The number of anilines is 2. The number of halogens is 1. The van der Waals surface area contributed by atoms with Crippen molar-refractivity contribution in [3.63, 3.8) is 0 Å². The zero-order valence-electron chi connectivity index (χ0n) is 16.2. The van der Waals surface area contributed by atoms with Crippen LogP contribution in [0.3, 0.4) is 0 Å². The molecular formula is C20H18ClN5O4. The van der Waals surface area contributed by atoms with Gasteiger partial charge in [0.25, 0.3) is 11.8 Å². The first-order valence-electron chi connectivity index (χ1n) is 9.15. The number of amides is 3. The summed E-state index contributed by atoms with van der Waals surface area (Å²) >= 11 is 6.13. The monoisotopic (exact) mass is 427 g/mol. The number of aryl methyl sites for hydroxylation is 1. The summed E-state index contributed by atoms with van der Waals surface area (Å²) in [6, 6.07) is 9.97. The highest BCUT2D eigenvalue weighted by molar-refractivity contribution is 6.33. The van der Waals surface area contributed by atoms with Crippen molar-refractivity contribution < 1.29 is 19.1 Å². The summed E-state index contributed by atoms with van der Waals surface area (Å²) < 4.78 is 5.10. The summed E-state index contributed by atoms with van der Waals surface area (Å²) in [5, 5.41) is 12.1. The van der Waals surface area contributed by atoms with E-state index >= 15 is 0 Å². The molecule has 0 aromatic heterocycles. The number of carbonyl (C=O) groups is 3. The SMILES string of the molecule is COc1ccc(N2C(=O)[C@@H]3N=NN(CC(=O)Nc4ccccc4C)[C@H]3C2=O)cc1Cl. The Balaban J connectivity index is 1.51. The van der Waals surface area contributed by atoms with Crippen molar-refractivity contribution >= 4 is 40.7 Å². The maximum Gasteiger partial charge on any atom is 0.263 e. The number of benzene rings is 2. The lowest BCUT2D eigenvalue weighted by Crippen LogP contribution is -2.43. The lowest BCUT2D eigenvalue weighted by Gasteiger charge is -2.20. The molecule has 2 aliphatic heterocycles. The summed E-state index contributed by atoms with van der Waals surface area (Å²) in [5.74, 6) is -0.972. The Bertz CT molecular complexity index is 1070. The molecule has 30 heavy (non-hydrogen) atoms. The Kier molecular flexibility index (Phi) is 5.13. The van der Waals surface area contributed by atoms with Crippen molar-refractivity contribution in [1.29, 1.82) is 0 Å². The van der Waals surface area contributed by atoms with E-state index in [1.807, 2.05) is 25.1 Å². The fourth-order valence-electron chi connectivity index (χ4n) is 3.45. The van der Waals surface area contributed by atoms with Crippen LogP contribution >= 0.6 is 11.6 Å². The van der Waals surface area contributed by atoms with Gasteiger partial charge in [-0.15, -0.1) is 0 Å². The van der Waals surface area contributed by atoms with E-state index in [9.17, 15) is 14.4 Å². The number of methoxy groups -OCH3 is 1. The van der Waals surface area contributed by atoms with Crippen molar-refractivity contribution in [3.8, 4) is 5.75 Å². The third-order valence-corrected chi connectivity index (χ3v) is 5.27. The number of carbonyl (C=O) groups excluding carboxylic acids is 3. The van der Waals surface area contributed by atoms with Crippen LogP contribution in [0.25, 0.3) is 0 Å². The molecule has 4 rings (SSSR count). The van der Waals surface area contributed by atoms with Crippen LogP contribution in [-0.4, -0.2) is 48.5 Å². The van der Waals surface area contributed by atoms with E-state index in [-0.39, 0.29) is 17.5 Å². The van der Waals surface area contributed by atoms with Crippen molar-refractivity contribution in [3.05, 3.63) is 53.1 Å². The van der Waals surface area contributed by atoms with Gasteiger partial charge < -0.3 is 10.1 Å². The van der Waals surface area contributed by atoms with Crippen LogP contribution in [0.5, 0.6) is 5.75 Å². The maximum atomic E-state index is 13.0. The number of ether oxygens (including phenoxy) is 1. The minimum atomic E-state index is -0.996. The average Bonchev–Trinajstić information content (AvgIpc) is 3.23. The van der Waals surface area contributed by atoms with Gasteiger partial charge in [-0.1, -0.05) is 35.0 Å². The van der Waals surface area contributed by atoms with Crippen LogP contribution in [0.1, 0.15) is 5.56 Å². The minimum Gasteiger partial charge on any atom is -0.495 e. The largest absolute Gasteiger partial charge is 0.495 e. The van der Waals surface area contributed by atoms with Crippen LogP contribution in [0, 0.1) is 6.92 Å². The first kappa shape index (κ1) is 19.8. The number of hydrogen-bond acceptors (Lipinski definition) is 7. The first-order chi connectivity index (χ1) is 14.4.